The minimum absolute atomic E-state index is 0.543. The molecule has 0 aromatic rings. The van der Waals surface area contributed by atoms with Gasteiger partial charge in [0.15, 0.2) is 0 Å². The Morgan fingerprint density at radius 2 is 1.43 bits per heavy atom. The first-order chi connectivity index (χ1) is 6.68. The molecule has 4 N–H and O–H groups in total. The van der Waals surface area contributed by atoms with Crippen LogP contribution in [0.4, 0.5) is 0 Å². The topological polar surface area (TPSA) is 66.5 Å². The van der Waals surface area contributed by atoms with Crippen LogP contribution in [0.15, 0.2) is 0 Å². The molecule has 14 heavy (non-hydrogen) atoms. The second kappa shape index (κ2) is 9.44. The molecule has 0 aromatic heterocycles. The van der Waals surface area contributed by atoms with E-state index >= 15 is 0 Å². The van der Waals surface area contributed by atoms with Gasteiger partial charge in [0.05, 0.1) is 12.2 Å². The van der Waals surface area contributed by atoms with Gasteiger partial charge in [0.25, 0.3) is 0 Å². The number of aliphatic hydroxyl groups is 2. The SMILES string of the molecule is CC(O)C(O)CCCCCCCCN. The summed E-state index contributed by atoms with van der Waals surface area (Å²) in [5.74, 6) is 0. The Morgan fingerprint density at radius 1 is 0.929 bits per heavy atom. The zero-order valence-electron chi connectivity index (χ0n) is 9.28. The molecule has 2 unspecified atom stereocenters. The number of aliphatic hydroxyl groups excluding tert-OH is 2. The summed E-state index contributed by atoms with van der Waals surface area (Å²) in [7, 11) is 0. The first kappa shape index (κ1) is 13.9. The highest BCUT2D eigenvalue weighted by Crippen LogP contribution is 2.09. The molecular weight excluding hydrogens is 178 g/mol. The Balaban J connectivity index is 3.06. The van der Waals surface area contributed by atoms with Gasteiger partial charge < -0.3 is 15.9 Å². The van der Waals surface area contributed by atoms with Crippen LogP contribution in [0.5, 0.6) is 0 Å². The molecule has 0 aliphatic heterocycles. The van der Waals surface area contributed by atoms with Gasteiger partial charge in [-0.2, -0.15) is 0 Å². The summed E-state index contributed by atoms with van der Waals surface area (Å²) in [5.41, 5.74) is 5.38. The molecule has 0 saturated carbocycles. The van der Waals surface area contributed by atoms with E-state index in [4.69, 9.17) is 10.8 Å². The summed E-state index contributed by atoms with van der Waals surface area (Å²) in [4.78, 5) is 0. The molecule has 86 valence electrons. The third kappa shape index (κ3) is 8.48. The standard InChI is InChI=1S/C11H25NO2/c1-10(13)11(14)8-6-4-2-3-5-7-9-12/h10-11,13-14H,2-9,12H2,1H3. The number of hydrogen-bond acceptors (Lipinski definition) is 3. The lowest BCUT2D eigenvalue weighted by Gasteiger charge is -2.12. The Morgan fingerprint density at radius 3 is 1.93 bits per heavy atom. The van der Waals surface area contributed by atoms with E-state index in [1.807, 2.05) is 0 Å². The van der Waals surface area contributed by atoms with Crippen LogP contribution in [0.3, 0.4) is 0 Å². The van der Waals surface area contributed by atoms with Crippen molar-refractivity contribution in [2.75, 3.05) is 6.54 Å². The molecule has 0 spiro atoms. The fourth-order valence-corrected chi connectivity index (χ4v) is 1.45. The van der Waals surface area contributed by atoms with Gasteiger partial charge >= 0.3 is 0 Å². The van der Waals surface area contributed by atoms with Crippen LogP contribution < -0.4 is 5.73 Å². The normalized spacial score (nSPS) is 15.4. The van der Waals surface area contributed by atoms with Gasteiger partial charge in [0.1, 0.15) is 0 Å². The van der Waals surface area contributed by atoms with Crippen molar-refractivity contribution in [3.8, 4) is 0 Å². The minimum Gasteiger partial charge on any atom is -0.391 e. The van der Waals surface area contributed by atoms with E-state index in [1.165, 1.54) is 19.3 Å². The molecule has 2 atom stereocenters. The molecule has 0 radical (unpaired) electrons. The monoisotopic (exact) mass is 203 g/mol. The van der Waals surface area contributed by atoms with Gasteiger partial charge in [-0.15, -0.1) is 0 Å². The molecule has 0 heterocycles. The Labute approximate surface area is 87.3 Å². The molecule has 0 fully saturated rings. The van der Waals surface area contributed by atoms with Gasteiger partial charge in [0, 0.05) is 0 Å². The van der Waals surface area contributed by atoms with E-state index < -0.39 is 12.2 Å². The van der Waals surface area contributed by atoms with Crippen molar-refractivity contribution in [1.82, 2.24) is 0 Å². The Kier molecular flexibility index (Phi) is 9.35. The molecule has 0 aliphatic carbocycles. The van der Waals surface area contributed by atoms with Crippen molar-refractivity contribution in [2.24, 2.45) is 5.73 Å². The smallest absolute Gasteiger partial charge is 0.0796 e. The molecule has 0 amide bonds. The first-order valence-corrected chi connectivity index (χ1v) is 5.74. The van der Waals surface area contributed by atoms with Crippen LogP contribution in [0.2, 0.25) is 0 Å². The predicted octanol–water partition coefficient (Wildman–Crippen LogP) is 1.42. The first-order valence-electron chi connectivity index (χ1n) is 5.74. The highest BCUT2D eigenvalue weighted by Gasteiger charge is 2.09. The second-order valence-corrected chi connectivity index (χ2v) is 4.01. The molecule has 3 nitrogen and oxygen atoms in total. The highest BCUT2D eigenvalue weighted by atomic mass is 16.3. The third-order valence-electron chi connectivity index (χ3n) is 2.51. The highest BCUT2D eigenvalue weighted by molar-refractivity contribution is 4.61. The Hall–Kier alpha value is -0.120. The summed E-state index contributed by atoms with van der Waals surface area (Å²) in [6.07, 6.45) is 6.53. The van der Waals surface area contributed by atoms with Gasteiger partial charge in [-0.1, -0.05) is 32.1 Å². The van der Waals surface area contributed by atoms with E-state index in [0.717, 1.165) is 25.8 Å². The minimum atomic E-state index is -0.591. The molecule has 0 aliphatic rings. The van der Waals surface area contributed by atoms with Gasteiger partial charge in [-0.25, -0.2) is 0 Å². The van der Waals surface area contributed by atoms with Crippen molar-refractivity contribution in [1.29, 1.82) is 0 Å². The van der Waals surface area contributed by atoms with E-state index in [9.17, 15) is 5.11 Å². The van der Waals surface area contributed by atoms with Gasteiger partial charge in [0.2, 0.25) is 0 Å². The van der Waals surface area contributed by atoms with Crippen LogP contribution in [0, 0.1) is 0 Å². The molecule has 0 saturated heterocycles. The van der Waals surface area contributed by atoms with Crippen LogP contribution >= 0.6 is 0 Å². The predicted molar refractivity (Wildman–Crippen MR) is 59.1 cm³/mol. The maximum Gasteiger partial charge on any atom is 0.0796 e. The third-order valence-corrected chi connectivity index (χ3v) is 2.51. The molecule has 0 aromatic carbocycles. The number of rotatable bonds is 9. The van der Waals surface area contributed by atoms with E-state index in [0.29, 0.717) is 6.42 Å². The maximum atomic E-state index is 9.30. The van der Waals surface area contributed by atoms with E-state index in [-0.39, 0.29) is 0 Å². The number of hydrogen-bond donors (Lipinski definition) is 3. The summed E-state index contributed by atoms with van der Waals surface area (Å²) in [6.45, 7) is 2.42. The fraction of sp³-hybridized carbons (Fsp3) is 1.00. The number of nitrogens with two attached hydrogens (primary N) is 1. The average molecular weight is 203 g/mol. The van der Waals surface area contributed by atoms with E-state index in [1.54, 1.807) is 6.92 Å². The average Bonchev–Trinajstić information content (AvgIpc) is 2.16. The summed E-state index contributed by atoms with van der Waals surface area (Å²) in [6, 6.07) is 0. The lowest BCUT2D eigenvalue weighted by atomic mass is 10.0. The summed E-state index contributed by atoms with van der Waals surface area (Å²) < 4.78 is 0. The van der Waals surface area contributed by atoms with Crippen molar-refractivity contribution in [3.05, 3.63) is 0 Å². The van der Waals surface area contributed by atoms with Gasteiger partial charge in [-0.05, 0) is 26.3 Å². The van der Waals surface area contributed by atoms with Crippen molar-refractivity contribution >= 4 is 0 Å². The van der Waals surface area contributed by atoms with Crippen LogP contribution in [0.1, 0.15) is 51.9 Å². The molecule has 0 bridgehead atoms. The fourth-order valence-electron chi connectivity index (χ4n) is 1.45. The van der Waals surface area contributed by atoms with Crippen molar-refractivity contribution in [3.63, 3.8) is 0 Å². The molecular formula is C11H25NO2. The summed E-state index contributed by atoms with van der Waals surface area (Å²) in [5, 5.41) is 18.3. The van der Waals surface area contributed by atoms with Gasteiger partial charge in [-0.3, -0.25) is 0 Å². The number of unbranched alkanes of at least 4 members (excludes halogenated alkanes) is 5. The van der Waals surface area contributed by atoms with E-state index in [2.05, 4.69) is 0 Å². The second-order valence-electron chi connectivity index (χ2n) is 4.01. The zero-order valence-corrected chi connectivity index (χ0v) is 9.28. The van der Waals surface area contributed by atoms with Crippen molar-refractivity contribution < 1.29 is 10.2 Å². The van der Waals surface area contributed by atoms with Crippen LogP contribution in [0.25, 0.3) is 0 Å². The largest absolute Gasteiger partial charge is 0.391 e. The molecule has 0 rings (SSSR count). The zero-order chi connectivity index (χ0) is 10.8. The van der Waals surface area contributed by atoms with Crippen LogP contribution in [-0.4, -0.2) is 29.0 Å². The van der Waals surface area contributed by atoms with Crippen molar-refractivity contribution in [2.45, 2.75) is 64.1 Å². The molecule has 3 heteroatoms. The Bertz CT molecular complexity index is 118. The maximum absolute atomic E-state index is 9.30. The lowest BCUT2D eigenvalue weighted by molar-refractivity contribution is 0.0247. The summed E-state index contributed by atoms with van der Waals surface area (Å²) >= 11 is 0. The lowest BCUT2D eigenvalue weighted by Crippen LogP contribution is -2.21. The quantitative estimate of drug-likeness (QED) is 0.496. The van der Waals surface area contributed by atoms with Crippen LogP contribution in [-0.2, 0) is 0 Å².